The Kier molecular flexibility index (Phi) is 3.88. The molecule has 0 spiro atoms. The standard InChI is InChI=1S/C12H16N2O4/c1-14(12(15)7-13)4-5-16-9-2-3-10-11(6-9)18-8-17-10/h2-3,6H,4-5,7-8,13H2,1H3. The van der Waals surface area contributed by atoms with Crippen LogP contribution >= 0.6 is 0 Å². The van der Waals surface area contributed by atoms with Crippen LogP contribution in [0.2, 0.25) is 0 Å². The predicted molar refractivity (Wildman–Crippen MR) is 64.8 cm³/mol. The van der Waals surface area contributed by atoms with Crippen molar-refractivity contribution in [2.24, 2.45) is 5.73 Å². The van der Waals surface area contributed by atoms with Crippen molar-refractivity contribution in [2.45, 2.75) is 0 Å². The van der Waals surface area contributed by atoms with Crippen LogP contribution in [0, 0.1) is 0 Å². The van der Waals surface area contributed by atoms with Gasteiger partial charge in [0.15, 0.2) is 11.5 Å². The van der Waals surface area contributed by atoms with Crippen LogP contribution in [-0.4, -0.2) is 44.3 Å². The second kappa shape index (κ2) is 5.59. The van der Waals surface area contributed by atoms with E-state index in [-0.39, 0.29) is 19.2 Å². The normalized spacial score (nSPS) is 12.3. The minimum atomic E-state index is -0.107. The van der Waals surface area contributed by atoms with Gasteiger partial charge in [-0.1, -0.05) is 0 Å². The van der Waals surface area contributed by atoms with Gasteiger partial charge in [0, 0.05) is 13.1 Å². The summed E-state index contributed by atoms with van der Waals surface area (Å²) in [5, 5.41) is 0. The van der Waals surface area contributed by atoms with E-state index < -0.39 is 0 Å². The maximum atomic E-state index is 11.2. The van der Waals surface area contributed by atoms with Crippen LogP contribution in [0.15, 0.2) is 18.2 Å². The number of hydrogen-bond acceptors (Lipinski definition) is 5. The molecule has 0 saturated heterocycles. The van der Waals surface area contributed by atoms with Crippen molar-refractivity contribution in [2.75, 3.05) is 33.5 Å². The van der Waals surface area contributed by atoms with E-state index in [1.807, 2.05) is 0 Å². The molecule has 0 fully saturated rings. The molecule has 1 aromatic carbocycles. The minimum Gasteiger partial charge on any atom is -0.492 e. The number of carbonyl (C=O) groups excluding carboxylic acids is 1. The lowest BCUT2D eigenvalue weighted by Gasteiger charge is -2.16. The second-order valence-corrected chi connectivity index (χ2v) is 3.88. The van der Waals surface area contributed by atoms with Crippen LogP contribution in [0.5, 0.6) is 17.2 Å². The molecule has 0 bridgehead atoms. The molecule has 6 nitrogen and oxygen atoms in total. The molecule has 0 unspecified atom stereocenters. The number of hydrogen-bond donors (Lipinski definition) is 1. The molecule has 98 valence electrons. The Balaban J connectivity index is 1.82. The van der Waals surface area contributed by atoms with Crippen LogP contribution < -0.4 is 19.9 Å². The van der Waals surface area contributed by atoms with Crippen molar-refractivity contribution < 1.29 is 19.0 Å². The molecule has 6 heteroatoms. The van der Waals surface area contributed by atoms with E-state index in [9.17, 15) is 4.79 Å². The topological polar surface area (TPSA) is 74.0 Å². The third-order valence-corrected chi connectivity index (χ3v) is 2.64. The van der Waals surface area contributed by atoms with E-state index in [0.29, 0.717) is 24.7 Å². The first-order valence-corrected chi connectivity index (χ1v) is 5.67. The van der Waals surface area contributed by atoms with Crippen LogP contribution in [0.4, 0.5) is 0 Å². The molecular formula is C12H16N2O4. The van der Waals surface area contributed by atoms with E-state index in [1.54, 1.807) is 25.2 Å². The number of benzene rings is 1. The maximum Gasteiger partial charge on any atom is 0.236 e. The van der Waals surface area contributed by atoms with Gasteiger partial charge < -0.3 is 24.8 Å². The molecule has 1 aromatic rings. The van der Waals surface area contributed by atoms with Gasteiger partial charge in [0.2, 0.25) is 12.7 Å². The zero-order valence-corrected chi connectivity index (χ0v) is 10.2. The number of amides is 1. The summed E-state index contributed by atoms with van der Waals surface area (Å²) in [5.41, 5.74) is 5.25. The highest BCUT2D eigenvalue weighted by atomic mass is 16.7. The van der Waals surface area contributed by atoms with Crippen molar-refractivity contribution >= 4 is 5.91 Å². The first-order chi connectivity index (χ1) is 8.70. The zero-order valence-electron chi connectivity index (χ0n) is 10.2. The van der Waals surface area contributed by atoms with Crippen molar-refractivity contribution in [1.82, 2.24) is 4.90 Å². The summed E-state index contributed by atoms with van der Waals surface area (Å²) in [6.45, 7) is 1.15. The fourth-order valence-corrected chi connectivity index (χ4v) is 1.55. The molecule has 0 aliphatic carbocycles. The van der Waals surface area contributed by atoms with Gasteiger partial charge >= 0.3 is 0 Å². The summed E-state index contributed by atoms with van der Waals surface area (Å²) in [4.78, 5) is 12.8. The van der Waals surface area contributed by atoms with Gasteiger partial charge in [-0.05, 0) is 12.1 Å². The molecule has 0 radical (unpaired) electrons. The molecule has 1 aliphatic rings. The summed E-state index contributed by atoms with van der Waals surface area (Å²) in [6, 6.07) is 5.37. The number of nitrogens with two attached hydrogens (primary N) is 1. The molecular weight excluding hydrogens is 236 g/mol. The third kappa shape index (κ3) is 2.84. The quantitative estimate of drug-likeness (QED) is 0.811. The van der Waals surface area contributed by atoms with Gasteiger partial charge in [0.1, 0.15) is 12.4 Å². The van der Waals surface area contributed by atoms with Gasteiger partial charge in [-0.3, -0.25) is 4.79 Å². The lowest BCUT2D eigenvalue weighted by Crippen LogP contribution is -2.35. The van der Waals surface area contributed by atoms with Crippen molar-refractivity contribution in [3.8, 4) is 17.2 Å². The maximum absolute atomic E-state index is 11.2. The van der Waals surface area contributed by atoms with Crippen molar-refractivity contribution in [3.05, 3.63) is 18.2 Å². The fraction of sp³-hybridized carbons (Fsp3) is 0.417. The summed E-state index contributed by atoms with van der Waals surface area (Å²) in [7, 11) is 1.69. The van der Waals surface area contributed by atoms with Crippen molar-refractivity contribution in [1.29, 1.82) is 0 Å². The molecule has 0 saturated carbocycles. The monoisotopic (exact) mass is 252 g/mol. The lowest BCUT2D eigenvalue weighted by molar-refractivity contribution is -0.128. The summed E-state index contributed by atoms with van der Waals surface area (Å²) in [6.07, 6.45) is 0. The summed E-state index contributed by atoms with van der Waals surface area (Å²) >= 11 is 0. The van der Waals surface area contributed by atoms with E-state index >= 15 is 0 Å². The smallest absolute Gasteiger partial charge is 0.236 e. The number of rotatable bonds is 5. The Bertz CT molecular complexity index is 436. The number of fused-ring (bicyclic) bond motifs is 1. The molecule has 1 amide bonds. The molecule has 2 rings (SSSR count). The van der Waals surface area contributed by atoms with Gasteiger partial charge in [-0.25, -0.2) is 0 Å². The van der Waals surface area contributed by atoms with Gasteiger partial charge in [0.25, 0.3) is 0 Å². The zero-order chi connectivity index (χ0) is 13.0. The highest BCUT2D eigenvalue weighted by Crippen LogP contribution is 2.34. The van der Waals surface area contributed by atoms with E-state index in [0.717, 1.165) is 5.75 Å². The highest BCUT2D eigenvalue weighted by molar-refractivity contribution is 5.77. The molecule has 2 N–H and O–H groups in total. The Morgan fingerprint density at radius 2 is 2.22 bits per heavy atom. The Hall–Kier alpha value is -1.95. The van der Waals surface area contributed by atoms with Crippen molar-refractivity contribution in [3.63, 3.8) is 0 Å². The van der Waals surface area contributed by atoms with Crippen LogP contribution in [-0.2, 0) is 4.79 Å². The molecule has 1 aliphatic heterocycles. The Labute approximate surface area is 105 Å². The number of likely N-dealkylation sites (N-methyl/N-ethyl adjacent to an activating group) is 1. The molecule has 0 atom stereocenters. The largest absolute Gasteiger partial charge is 0.492 e. The van der Waals surface area contributed by atoms with Crippen LogP contribution in [0.1, 0.15) is 0 Å². The number of nitrogens with zero attached hydrogens (tertiary/aromatic N) is 1. The highest BCUT2D eigenvalue weighted by Gasteiger charge is 2.13. The number of carbonyl (C=O) groups is 1. The molecule has 0 aromatic heterocycles. The van der Waals surface area contributed by atoms with E-state index in [4.69, 9.17) is 19.9 Å². The number of ether oxygens (including phenoxy) is 3. The van der Waals surface area contributed by atoms with Crippen LogP contribution in [0.25, 0.3) is 0 Å². The second-order valence-electron chi connectivity index (χ2n) is 3.88. The van der Waals surface area contributed by atoms with E-state index in [1.165, 1.54) is 4.90 Å². The van der Waals surface area contributed by atoms with E-state index in [2.05, 4.69) is 0 Å². The molecule has 1 heterocycles. The average molecular weight is 252 g/mol. The first kappa shape index (κ1) is 12.5. The fourth-order valence-electron chi connectivity index (χ4n) is 1.55. The SMILES string of the molecule is CN(CCOc1ccc2c(c1)OCO2)C(=O)CN. The molecule has 18 heavy (non-hydrogen) atoms. The first-order valence-electron chi connectivity index (χ1n) is 5.67. The van der Waals surface area contributed by atoms with Gasteiger partial charge in [0.05, 0.1) is 13.1 Å². The lowest BCUT2D eigenvalue weighted by atomic mass is 10.3. The third-order valence-electron chi connectivity index (χ3n) is 2.64. The van der Waals surface area contributed by atoms with Gasteiger partial charge in [-0.2, -0.15) is 0 Å². The Morgan fingerprint density at radius 1 is 1.44 bits per heavy atom. The summed E-state index contributed by atoms with van der Waals surface area (Å²) in [5.74, 6) is 1.98. The summed E-state index contributed by atoms with van der Waals surface area (Å²) < 4.78 is 16.0. The Morgan fingerprint density at radius 3 is 3.00 bits per heavy atom. The average Bonchev–Trinajstić information content (AvgIpc) is 2.85. The predicted octanol–water partition coefficient (Wildman–Crippen LogP) is 0.211. The van der Waals surface area contributed by atoms with Crippen LogP contribution in [0.3, 0.4) is 0 Å². The minimum absolute atomic E-state index is 0.0144. The van der Waals surface area contributed by atoms with Gasteiger partial charge in [-0.15, -0.1) is 0 Å².